The fourth-order valence-electron chi connectivity index (χ4n) is 3.40. The Morgan fingerprint density at radius 1 is 1.26 bits per heavy atom. The van der Waals surface area contributed by atoms with E-state index < -0.39 is 16.8 Å². The molecule has 2 atom stereocenters. The monoisotopic (exact) mass is 320 g/mol. The minimum Gasteiger partial charge on any atom is -0.481 e. The summed E-state index contributed by atoms with van der Waals surface area (Å²) in [6, 6.07) is 1.63. The predicted octanol–water partition coefficient (Wildman–Crippen LogP) is 2.31. The number of hydrogen-bond acceptors (Lipinski definition) is 4. The Kier molecular flexibility index (Phi) is 4.40. The molecule has 1 fully saturated rings. The summed E-state index contributed by atoms with van der Waals surface area (Å²) in [4.78, 5) is 36.3. The summed E-state index contributed by atoms with van der Waals surface area (Å²) in [5.41, 5.74) is 1.77. The second-order valence-corrected chi connectivity index (χ2v) is 6.25. The van der Waals surface area contributed by atoms with Gasteiger partial charge in [0.1, 0.15) is 0 Å². The van der Waals surface area contributed by atoms with E-state index in [4.69, 9.17) is 0 Å². The number of carboxylic acid groups (broad SMARTS) is 1. The molecule has 1 amide bonds. The van der Waals surface area contributed by atoms with Gasteiger partial charge in [-0.1, -0.05) is 6.92 Å². The minimum atomic E-state index is -0.920. The number of nitro groups is 1. The van der Waals surface area contributed by atoms with Crippen molar-refractivity contribution in [1.29, 1.82) is 0 Å². The van der Waals surface area contributed by atoms with Crippen molar-refractivity contribution in [3.05, 3.63) is 38.4 Å². The van der Waals surface area contributed by atoms with Gasteiger partial charge in [-0.3, -0.25) is 19.7 Å². The van der Waals surface area contributed by atoms with E-state index in [1.165, 1.54) is 4.90 Å². The fraction of sp³-hybridized carbons (Fsp3) is 0.500. The number of carboxylic acids is 1. The Bertz CT molecular complexity index is 698. The van der Waals surface area contributed by atoms with Crippen LogP contribution in [0.4, 0.5) is 5.69 Å². The molecule has 0 spiro atoms. The zero-order chi connectivity index (χ0) is 17.5. The molecule has 0 radical (unpaired) electrons. The van der Waals surface area contributed by atoms with Gasteiger partial charge >= 0.3 is 5.97 Å². The number of likely N-dealkylation sites (tertiary alicyclic amines) is 1. The van der Waals surface area contributed by atoms with Crippen molar-refractivity contribution in [2.75, 3.05) is 13.1 Å². The van der Waals surface area contributed by atoms with E-state index >= 15 is 0 Å². The summed E-state index contributed by atoms with van der Waals surface area (Å²) in [6.45, 7) is 7.23. The minimum absolute atomic E-state index is 0.0546. The largest absolute Gasteiger partial charge is 0.481 e. The summed E-state index contributed by atoms with van der Waals surface area (Å²) in [5.74, 6) is -1.99. The summed E-state index contributed by atoms with van der Waals surface area (Å²) < 4.78 is 0. The topological polar surface area (TPSA) is 101 Å². The second-order valence-electron chi connectivity index (χ2n) is 6.25. The van der Waals surface area contributed by atoms with E-state index in [1.807, 2.05) is 0 Å². The standard InChI is InChI=1S/C16H20N2O5/c1-8-5-9(2)14(18(22)23)11(4)13(8)15(19)17-6-10(3)12(7-17)16(20)21/h5,10,12H,6-7H2,1-4H3,(H,20,21)/t10-,12-/m1/s1. The molecule has 0 aromatic heterocycles. The van der Waals surface area contributed by atoms with Crippen molar-refractivity contribution < 1.29 is 19.6 Å². The number of amides is 1. The van der Waals surface area contributed by atoms with Gasteiger partial charge in [0.25, 0.3) is 11.6 Å². The summed E-state index contributed by atoms with van der Waals surface area (Å²) in [5, 5.41) is 20.4. The van der Waals surface area contributed by atoms with Crippen LogP contribution < -0.4 is 0 Å². The quantitative estimate of drug-likeness (QED) is 0.680. The Balaban J connectivity index is 2.43. The second kappa shape index (κ2) is 5.98. The van der Waals surface area contributed by atoms with E-state index in [9.17, 15) is 24.8 Å². The van der Waals surface area contributed by atoms with Crippen molar-refractivity contribution in [2.24, 2.45) is 11.8 Å². The smallest absolute Gasteiger partial charge is 0.308 e. The van der Waals surface area contributed by atoms with Gasteiger partial charge in [0, 0.05) is 24.2 Å². The van der Waals surface area contributed by atoms with E-state index in [2.05, 4.69) is 0 Å². The van der Waals surface area contributed by atoms with Crippen LogP contribution in [0.15, 0.2) is 6.07 Å². The number of nitro benzene ring substituents is 1. The van der Waals surface area contributed by atoms with Crippen LogP contribution in [-0.2, 0) is 4.79 Å². The van der Waals surface area contributed by atoms with Crippen LogP contribution in [0.2, 0.25) is 0 Å². The van der Waals surface area contributed by atoms with Crippen LogP contribution >= 0.6 is 0 Å². The molecule has 1 aromatic carbocycles. The summed E-state index contributed by atoms with van der Waals surface area (Å²) in [6.07, 6.45) is 0. The highest BCUT2D eigenvalue weighted by molar-refractivity contribution is 5.98. The Morgan fingerprint density at radius 3 is 2.35 bits per heavy atom. The van der Waals surface area contributed by atoms with Gasteiger partial charge in [-0.2, -0.15) is 0 Å². The molecule has 7 heteroatoms. The third-order valence-electron chi connectivity index (χ3n) is 4.54. The molecule has 124 valence electrons. The molecule has 1 aliphatic rings. The first-order valence-corrected chi connectivity index (χ1v) is 7.42. The number of aryl methyl sites for hydroxylation is 2. The molecule has 0 unspecified atom stereocenters. The van der Waals surface area contributed by atoms with Crippen LogP contribution in [-0.4, -0.2) is 39.9 Å². The molecule has 23 heavy (non-hydrogen) atoms. The number of rotatable bonds is 3. The maximum atomic E-state index is 12.8. The average molecular weight is 320 g/mol. The Labute approximate surface area is 134 Å². The number of aliphatic carboxylic acids is 1. The fourth-order valence-corrected chi connectivity index (χ4v) is 3.40. The highest BCUT2D eigenvalue weighted by atomic mass is 16.6. The van der Waals surface area contributed by atoms with Crippen LogP contribution in [0.5, 0.6) is 0 Å². The zero-order valence-electron chi connectivity index (χ0n) is 13.6. The molecule has 1 N–H and O–H groups in total. The Morgan fingerprint density at radius 2 is 1.87 bits per heavy atom. The number of carbonyl (C=O) groups excluding carboxylic acids is 1. The predicted molar refractivity (Wildman–Crippen MR) is 83.5 cm³/mol. The molecule has 1 aliphatic heterocycles. The number of benzene rings is 1. The molecule has 2 rings (SSSR count). The maximum absolute atomic E-state index is 12.8. The van der Waals surface area contributed by atoms with E-state index in [0.29, 0.717) is 28.8 Å². The lowest BCUT2D eigenvalue weighted by molar-refractivity contribution is -0.386. The van der Waals surface area contributed by atoms with Gasteiger partial charge in [0.2, 0.25) is 0 Å². The van der Waals surface area contributed by atoms with Gasteiger partial charge in [-0.25, -0.2) is 0 Å². The lowest BCUT2D eigenvalue weighted by Crippen LogP contribution is -2.31. The summed E-state index contributed by atoms with van der Waals surface area (Å²) in [7, 11) is 0. The number of hydrogen-bond donors (Lipinski definition) is 1. The molecular weight excluding hydrogens is 300 g/mol. The van der Waals surface area contributed by atoms with Crippen molar-refractivity contribution >= 4 is 17.6 Å². The lowest BCUT2D eigenvalue weighted by Gasteiger charge is -2.19. The van der Waals surface area contributed by atoms with Crippen LogP contribution in [0.1, 0.15) is 34.0 Å². The van der Waals surface area contributed by atoms with E-state index in [1.54, 1.807) is 33.8 Å². The Hall–Kier alpha value is -2.44. The van der Waals surface area contributed by atoms with Crippen molar-refractivity contribution in [3.8, 4) is 0 Å². The molecule has 1 heterocycles. The van der Waals surface area contributed by atoms with Gasteiger partial charge in [-0.05, 0) is 38.3 Å². The zero-order valence-corrected chi connectivity index (χ0v) is 13.6. The summed E-state index contributed by atoms with van der Waals surface area (Å²) >= 11 is 0. The van der Waals surface area contributed by atoms with Crippen LogP contribution in [0, 0.1) is 42.7 Å². The van der Waals surface area contributed by atoms with E-state index in [-0.39, 0.29) is 24.1 Å². The number of nitrogens with zero attached hydrogens (tertiary/aromatic N) is 2. The van der Waals surface area contributed by atoms with E-state index in [0.717, 1.165) is 0 Å². The molecule has 0 aliphatic carbocycles. The first kappa shape index (κ1) is 16.9. The first-order chi connectivity index (χ1) is 10.6. The van der Waals surface area contributed by atoms with Crippen LogP contribution in [0.3, 0.4) is 0 Å². The number of carbonyl (C=O) groups is 2. The highest BCUT2D eigenvalue weighted by Gasteiger charge is 2.38. The average Bonchev–Trinajstić information content (AvgIpc) is 2.79. The van der Waals surface area contributed by atoms with Crippen molar-refractivity contribution in [1.82, 2.24) is 4.90 Å². The van der Waals surface area contributed by atoms with Crippen LogP contribution in [0.25, 0.3) is 0 Å². The lowest BCUT2D eigenvalue weighted by atomic mass is 9.96. The third-order valence-corrected chi connectivity index (χ3v) is 4.54. The van der Waals surface area contributed by atoms with Gasteiger partial charge in [0.05, 0.1) is 16.4 Å². The third kappa shape index (κ3) is 2.91. The van der Waals surface area contributed by atoms with Gasteiger partial charge in [-0.15, -0.1) is 0 Å². The van der Waals surface area contributed by atoms with Gasteiger partial charge in [0.15, 0.2) is 0 Å². The van der Waals surface area contributed by atoms with Crippen molar-refractivity contribution in [3.63, 3.8) is 0 Å². The maximum Gasteiger partial charge on any atom is 0.308 e. The molecule has 7 nitrogen and oxygen atoms in total. The van der Waals surface area contributed by atoms with Gasteiger partial charge < -0.3 is 10.0 Å². The molecule has 1 aromatic rings. The molecule has 0 bridgehead atoms. The molecular formula is C16H20N2O5. The molecule has 0 saturated carbocycles. The van der Waals surface area contributed by atoms with Crippen molar-refractivity contribution in [2.45, 2.75) is 27.7 Å². The first-order valence-electron chi connectivity index (χ1n) is 7.42. The normalized spacial score (nSPS) is 20.6. The highest BCUT2D eigenvalue weighted by Crippen LogP contribution is 2.32. The molecule has 1 saturated heterocycles. The SMILES string of the molecule is Cc1cc(C)c([N+](=O)[O-])c(C)c1C(=O)N1C[C@@H](C)[C@H](C(=O)O)C1.